The molecule has 0 aromatic heterocycles. The summed E-state index contributed by atoms with van der Waals surface area (Å²) in [5.41, 5.74) is 2.38. The van der Waals surface area contributed by atoms with Crippen molar-refractivity contribution in [2.45, 2.75) is 19.0 Å². The summed E-state index contributed by atoms with van der Waals surface area (Å²) in [6.45, 7) is 0.815. The van der Waals surface area contributed by atoms with Crippen LogP contribution in [0, 0.1) is 0 Å². The van der Waals surface area contributed by atoms with Gasteiger partial charge in [0.15, 0.2) is 0 Å². The minimum Gasteiger partial charge on any atom is -0.384 e. The Morgan fingerprint density at radius 2 is 2.11 bits per heavy atom. The second-order valence-electron chi connectivity index (χ2n) is 3.89. The van der Waals surface area contributed by atoms with E-state index in [9.17, 15) is 18.0 Å². The van der Waals surface area contributed by atoms with Crippen LogP contribution < -0.4 is 10.6 Å². The first-order valence-corrected chi connectivity index (χ1v) is 5.17. The maximum absolute atomic E-state index is 12.0. The molecule has 18 heavy (non-hydrogen) atoms. The number of fused-ring (bicyclic) bond motifs is 1. The molecule has 1 aromatic rings. The minimum absolute atomic E-state index is 0. The average molecular weight is 281 g/mol. The Hall–Kier alpha value is -1.43. The lowest BCUT2D eigenvalue weighted by atomic mass is 10.1. The molecule has 0 radical (unpaired) electrons. The highest BCUT2D eigenvalue weighted by Gasteiger charge is 2.31. The number of carbonyl (C=O) groups excluding carboxylic acids is 1. The van der Waals surface area contributed by atoms with Crippen molar-refractivity contribution in [2.75, 3.05) is 17.2 Å². The van der Waals surface area contributed by atoms with Crippen LogP contribution in [0.15, 0.2) is 18.2 Å². The smallest absolute Gasteiger partial charge is 0.384 e. The van der Waals surface area contributed by atoms with Crippen LogP contribution in [0.25, 0.3) is 0 Å². The summed E-state index contributed by atoms with van der Waals surface area (Å²) in [6, 6.07) is 5.04. The van der Waals surface area contributed by atoms with E-state index in [0.717, 1.165) is 24.2 Å². The van der Waals surface area contributed by atoms with Gasteiger partial charge in [-0.1, -0.05) is 0 Å². The number of alkyl halides is 3. The fourth-order valence-corrected chi connectivity index (χ4v) is 1.77. The maximum Gasteiger partial charge on any atom is 0.397 e. The van der Waals surface area contributed by atoms with Gasteiger partial charge in [0.25, 0.3) is 0 Å². The number of amides is 1. The van der Waals surface area contributed by atoms with Crippen molar-refractivity contribution in [2.24, 2.45) is 0 Å². The fourth-order valence-electron chi connectivity index (χ4n) is 1.77. The molecule has 0 atom stereocenters. The lowest BCUT2D eigenvalue weighted by Gasteiger charge is -2.09. The summed E-state index contributed by atoms with van der Waals surface area (Å²) in [5.74, 6) is -1.04. The third kappa shape index (κ3) is 3.80. The molecule has 0 bridgehead atoms. The molecule has 0 saturated carbocycles. The number of hydrogen-bond donors (Lipinski definition) is 2. The lowest BCUT2D eigenvalue weighted by Crippen LogP contribution is -2.21. The SMILES string of the molecule is Cl.O=C(CC(F)(F)F)Nc1ccc2c(c1)CCN2. The molecule has 0 unspecified atom stereocenters. The molecular weight excluding hydrogens is 269 g/mol. The zero-order valence-electron chi connectivity index (χ0n) is 9.30. The van der Waals surface area contributed by atoms with Crippen molar-refractivity contribution < 1.29 is 18.0 Å². The van der Waals surface area contributed by atoms with Crippen LogP contribution in [0.1, 0.15) is 12.0 Å². The molecule has 2 N–H and O–H groups in total. The van der Waals surface area contributed by atoms with Crippen molar-refractivity contribution >= 4 is 29.7 Å². The van der Waals surface area contributed by atoms with Gasteiger partial charge in [-0.2, -0.15) is 13.2 Å². The highest BCUT2D eigenvalue weighted by atomic mass is 35.5. The van der Waals surface area contributed by atoms with Crippen LogP contribution in [0.4, 0.5) is 24.5 Å². The van der Waals surface area contributed by atoms with Crippen molar-refractivity contribution in [3.8, 4) is 0 Å². The van der Waals surface area contributed by atoms with Crippen LogP contribution >= 0.6 is 12.4 Å². The van der Waals surface area contributed by atoms with E-state index in [1.807, 2.05) is 0 Å². The van der Waals surface area contributed by atoms with E-state index < -0.39 is 18.5 Å². The van der Waals surface area contributed by atoms with Crippen LogP contribution in [-0.2, 0) is 11.2 Å². The largest absolute Gasteiger partial charge is 0.397 e. The first-order valence-electron chi connectivity index (χ1n) is 5.17. The van der Waals surface area contributed by atoms with Gasteiger partial charge in [0, 0.05) is 17.9 Å². The van der Waals surface area contributed by atoms with Gasteiger partial charge in [-0.3, -0.25) is 4.79 Å². The molecule has 100 valence electrons. The number of carbonyl (C=O) groups is 1. The van der Waals surface area contributed by atoms with Crippen molar-refractivity contribution in [1.29, 1.82) is 0 Å². The number of rotatable bonds is 2. The fraction of sp³-hybridized carbons (Fsp3) is 0.364. The van der Waals surface area contributed by atoms with E-state index in [0.29, 0.717) is 5.69 Å². The molecule has 1 aliphatic heterocycles. The Labute approximate surface area is 108 Å². The molecule has 1 heterocycles. The molecule has 0 aliphatic carbocycles. The third-order valence-electron chi connectivity index (χ3n) is 2.46. The number of hydrogen-bond acceptors (Lipinski definition) is 2. The predicted molar refractivity (Wildman–Crippen MR) is 65.2 cm³/mol. The zero-order valence-corrected chi connectivity index (χ0v) is 10.1. The van der Waals surface area contributed by atoms with E-state index in [1.54, 1.807) is 18.2 Å². The standard InChI is InChI=1S/C11H11F3N2O.ClH/c12-11(13,14)6-10(17)16-8-1-2-9-7(5-8)3-4-15-9;/h1-2,5,15H,3-4,6H2,(H,16,17);1H. The van der Waals surface area contributed by atoms with E-state index in [2.05, 4.69) is 10.6 Å². The summed E-state index contributed by atoms with van der Waals surface area (Å²) >= 11 is 0. The summed E-state index contributed by atoms with van der Waals surface area (Å²) in [7, 11) is 0. The van der Waals surface area contributed by atoms with Crippen LogP contribution in [0.3, 0.4) is 0 Å². The van der Waals surface area contributed by atoms with Gasteiger partial charge in [-0.05, 0) is 30.2 Å². The summed E-state index contributed by atoms with van der Waals surface area (Å²) in [4.78, 5) is 11.1. The minimum atomic E-state index is -4.47. The van der Waals surface area contributed by atoms with Gasteiger partial charge in [0.1, 0.15) is 6.42 Å². The van der Waals surface area contributed by atoms with E-state index in [1.165, 1.54) is 0 Å². The number of anilines is 2. The molecular formula is C11H12ClF3N2O. The van der Waals surface area contributed by atoms with Crippen LogP contribution in [-0.4, -0.2) is 18.6 Å². The lowest BCUT2D eigenvalue weighted by molar-refractivity contribution is -0.150. The first-order chi connectivity index (χ1) is 7.94. The van der Waals surface area contributed by atoms with E-state index in [4.69, 9.17) is 0 Å². The average Bonchev–Trinajstić information content (AvgIpc) is 2.61. The van der Waals surface area contributed by atoms with Crippen molar-refractivity contribution in [1.82, 2.24) is 0 Å². The topological polar surface area (TPSA) is 41.1 Å². The molecule has 0 saturated heterocycles. The molecule has 1 amide bonds. The molecule has 7 heteroatoms. The van der Waals surface area contributed by atoms with Gasteiger partial charge in [0.05, 0.1) is 0 Å². The predicted octanol–water partition coefficient (Wildman–Crippen LogP) is 2.97. The second-order valence-corrected chi connectivity index (χ2v) is 3.89. The Kier molecular flexibility index (Phi) is 4.45. The summed E-state index contributed by atoms with van der Waals surface area (Å²) in [6.07, 6.45) is -5.11. The van der Waals surface area contributed by atoms with Gasteiger partial charge >= 0.3 is 6.18 Å². The first kappa shape index (κ1) is 14.6. The van der Waals surface area contributed by atoms with Gasteiger partial charge in [-0.15, -0.1) is 12.4 Å². The number of nitrogens with one attached hydrogen (secondary N) is 2. The zero-order chi connectivity index (χ0) is 12.5. The Balaban J connectivity index is 0.00000162. The van der Waals surface area contributed by atoms with E-state index in [-0.39, 0.29) is 12.4 Å². The van der Waals surface area contributed by atoms with Gasteiger partial charge in [-0.25, -0.2) is 0 Å². The normalized spacial score (nSPS) is 13.3. The molecule has 3 nitrogen and oxygen atoms in total. The monoisotopic (exact) mass is 280 g/mol. The van der Waals surface area contributed by atoms with E-state index >= 15 is 0 Å². The Morgan fingerprint density at radius 1 is 1.39 bits per heavy atom. The summed E-state index contributed by atoms with van der Waals surface area (Å²) in [5, 5.41) is 5.37. The third-order valence-corrected chi connectivity index (χ3v) is 2.46. The molecule has 1 aromatic carbocycles. The van der Waals surface area contributed by atoms with Crippen LogP contribution in [0.5, 0.6) is 0 Å². The number of benzene rings is 1. The summed E-state index contributed by atoms with van der Waals surface area (Å²) < 4.78 is 35.9. The van der Waals surface area contributed by atoms with Crippen LogP contribution in [0.2, 0.25) is 0 Å². The Bertz CT molecular complexity index is 448. The number of halogens is 4. The van der Waals surface area contributed by atoms with Gasteiger partial charge < -0.3 is 10.6 Å². The quantitative estimate of drug-likeness (QED) is 0.874. The highest BCUT2D eigenvalue weighted by molar-refractivity contribution is 5.91. The van der Waals surface area contributed by atoms with Crippen molar-refractivity contribution in [3.63, 3.8) is 0 Å². The molecule has 2 rings (SSSR count). The highest BCUT2D eigenvalue weighted by Crippen LogP contribution is 2.26. The molecule has 0 fully saturated rings. The Morgan fingerprint density at radius 3 is 2.78 bits per heavy atom. The van der Waals surface area contributed by atoms with Gasteiger partial charge in [0.2, 0.25) is 5.91 Å². The maximum atomic E-state index is 12.0. The molecule has 1 aliphatic rings. The molecule has 0 spiro atoms. The second kappa shape index (κ2) is 5.48. The van der Waals surface area contributed by atoms with Crippen molar-refractivity contribution in [3.05, 3.63) is 23.8 Å².